The van der Waals surface area contributed by atoms with Gasteiger partial charge in [0.1, 0.15) is 11.6 Å². The molecule has 2 rings (SSSR count). The molecule has 0 unspecified atom stereocenters. The fourth-order valence-electron chi connectivity index (χ4n) is 1.84. The smallest absolute Gasteiger partial charge is 0.128 e. The lowest BCUT2D eigenvalue weighted by Crippen LogP contribution is -1.95. The van der Waals surface area contributed by atoms with Gasteiger partial charge in [-0.05, 0) is 25.0 Å². The van der Waals surface area contributed by atoms with Crippen molar-refractivity contribution in [3.05, 3.63) is 48.6 Å². The average Bonchev–Trinajstić information content (AvgIpc) is 2.45. The van der Waals surface area contributed by atoms with E-state index in [4.69, 9.17) is 0 Å². The minimum absolute atomic E-state index is 0.948. The van der Waals surface area contributed by atoms with Gasteiger partial charge in [-0.3, -0.25) is 0 Å². The molecule has 0 aliphatic heterocycles. The van der Waals surface area contributed by atoms with Crippen LogP contribution in [0.2, 0.25) is 0 Å². The minimum Gasteiger partial charge on any atom is -0.241 e. The molecule has 0 N–H and O–H groups in total. The Labute approximate surface area is 108 Å². The zero-order valence-electron chi connectivity index (χ0n) is 10.5. The SMILES string of the molecule is c1cnc(CCCCCCc2ncccn2)nc1. The van der Waals surface area contributed by atoms with Crippen LogP contribution in [0.4, 0.5) is 0 Å². The van der Waals surface area contributed by atoms with Crippen LogP contribution in [-0.2, 0) is 12.8 Å². The van der Waals surface area contributed by atoms with E-state index in [1.807, 2.05) is 12.1 Å². The summed E-state index contributed by atoms with van der Waals surface area (Å²) in [5.41, 5.74) is 0. The molecule has 18 heavy (non-hydrogen) atoms. The van der Waals surface area contributed by atoms with Gasteiger partial charge in [-0.25, -0.2) is 19.9 Å². The Morgan fingerprint density at radius 2 is 0.944 bits per heavy atom. The molecule has 0 bridgehead atoms. The summed E-state index contributed by atoms with van der Waals surface area (Å²) in [6.45, 7) is 0. The standard InChI is InChI=1S/C14H18N4/c1(3-7-13-15-9-5-10-16-13)2-4-8-14-17-11-6-12-18-14/h5-6,9-12H,1-4,7-8H2. The fourth-order valence-corrected chi connectivity index (χ4v) is 1.84. The zero-order chi connectivity index (χ0) is 12.5. The van der Waals surface area contributed by atoms with Gasteiger partial charge in [-0.1, -0.05) is 12.8 Å². The molecule has 94 valence electrons. The summed E-state index contributed by atoms with van der Waals surface area (Å²) in [5.74, 6) is 1.90. The highest BCUT2D eigenvalue weighted by Gasteiger charge is 1.97. The molecule has 0 aliphatic carbocycles. The number of hydrogen-bond acceptors (Lipinski definition) is 4. The predicted molar refractivity (Wildman–Crippen MR) is 69.9 cm³/mol. The number of nitrogens with zero attached hydrogens (tertiary/aromatic N) is 4. The Balaban J connectivity index is 1.54. The van der Waals surface area contributed by atoms with Crippen molar-refractivity contribution in [3.8, 4) is 0 Å². The molecule has 0 saturated carbocycles. The van der Waals surface area contributed by atoms with Crippen molar-refractivity contribution in [2.45, 2.75) is 38.5 Å². The van der Waals surface area contributed by atoms with Gasteiger partial charge in [0.05, 0.1) is 0 Å². The summed E-state index contributed by atoms with van der Waals surface area (Å²) in [5, 5.41) is 0. The normalized spacial score (nSPS) is 10.4. The van der Waals surface area contributed by atoms with Gasteiger partial charge < -0.3 is 0 Å². The molecule has 2 heterocycles. The molecule has 0 saturated heterocycles. The summed E-state index contributed by atoms with van der Waals surface area (Å²) < 4.78 is 0. The monoisotopic (exact) mass is 242 g/mol. The van der Waals surface area contributed by atoms with Crippen molar-refractivity contribution in [1.82, 2.24) is 19.9 Å². The molecule has 0 radical (unpaired) electrons. The van der Waals surface area contributed by atoms with Gasteiger partial charge in [0, 0.05) is 37.6 Å². The Hall–Kier alpha value is -1.84. The molecule has 0 aromatic carbocycles. The molecule has 0 amide bonds. The van der Waals surface area contributed by atoms with Crippen LogP contribution in [0.3, 0.4) is 0 Å². The van der Waals surface area contributed by atoms with E-state index in [0.717, 1.165) is 37.3 Å². The number of aromatic nitrogens is 4. The van der Waals surface area contributed by atoms with Gasteiger partial charge in [0.2, 0.25) is 0 Å². The highest BCUT2D eigenvalue weighted by Crippen LogP contribution is 2.06. The van der Waals surface area contributed by atoms with Crippen LogP contribution in [0.5, 0.6) is 0 Å². The average molecular weight is 242 g/mol. The van der Waals surface area contributed by atoms with Crippen molar-refractivity contribution >= 4 is 0 Å². The second-order valence-corrected chi connectivity index (χ2v) is 4.24. The maximum atomic E-state index is 4.21. The first kappa shape index (κ1) is 12.6. The highest BCUT2D eigenvalue weighted by molar-refractivity contribution is 4.89. The molecule has 4 heteroatoms. The number of unbranched alkanes of at least 4 members (excludes halogenated alkanes) is 3. The van der Waals surface area contributed by atoms with Crippen LogP contribution in [0.1, 0.15) is 37.3 Å². The summed E-state index contributed by atoms with van der Waals surface area (Å²) in [4.78, 5) is 16.9. The van der Waals surface area contributed by atoms with Crippen molar-refractivity contribution in [2.24, 2.45) is 0 Å². The summed E-state index contributed by atoms with van der Waals surface area (Å²) in [7, 11) is 0. The molecule has 0 fully saturated rings. The van der Waals surface area contributed by atoms with E-state index in [1.165, 1.54) is 12.8 Å². The fraction of sp³-hybridized carbons (Fsp3) is 0.429. The molecule has 2 aromatic heterocycles. The first-order valence-corrected chi connectivity index (χ1v) is 6.47. The van der Waals surface area contributed by atoms with E-state index < -0.39 is 0 Å². The van der Waals surface area contributed by atoms with E-state index in [1.54, 1.807) is 24.8 Å². The molecule has 0 aliphatic rings. The minimum atomic E-state index is 0.948. The third-order valence-corrected chi connectivity index (χ3v) is 2.79. The molecule has 2 aromatic rings. The van der Waals surface area contributed by atoms with E-state index in [0.29, 0.717) is 0 Å². The van der Waals surface area contributed by atoms with Gasteiger partial charge in [0.25, 0.3) is 0 Å². The van der Waals surface area contributed by atoms with Crippen molar-refractivity contribution < 1.29 is 0 Å². The van der Waals surface area contributed by atoms with E-state index in [2.05, 4.69) is 19.9 Å². The topological polar surface area (TPSA) is 51.6 Å². The lowest BCUT2D eigenvalue weighted by atomic mass is 10.1. The van der Waals surface area contributed by atoms with Crippen LogP contribution in [-0.4, -0.2) is 19.9 Å². The third-order valence-electron chi connectivity index (χ3n) is 2.79. The quantitative estimate of drug-likeness (QED) is 0.700. The largest absolute Gasteiger partial charge is 0.241 e. The summed E-state index contributed by atoms with van der Waals surface area (Å²) >= 11 is 0. The molecular formula is C14H18N4. The second-order valence-electron chi connectivity index (χ2n) is 4.24. The first-order valence-electron chi connectivity index (χ1n) is 6.47. The van der Waals surface area contributed by atoms with Crippen molar-refractivity contribution in [3.63, 3.8) is 0 Å². The maximum absolute atomic E-state index is 4.21. The Kier molecular flexibility index (Phi) is 5.24. The Morgan fingerprint density at radius 3 is 1.33 bits per heavy atom. The van der Waals surface area contributed by atoms with Gasteiger partial charge in [-0.2, -0.15) is 0 Å². The van der Waals surface area contributed by atoms with E-state index in [9.17, 15) is 0 Å². The van der Waals surface area contributed by atoms with Crippen LogP contribution in [0.15, 0.2) is 36.9 Å². The van der Waals surface area contributed by atoms with Gasteiger partial charge >= 0.3 is 0 Å². The number of aryl methyl sites for hydroxylation is 2. The lowest BCUT2D eigenvalue weighted by Gasteiger charge is -2.01. The number of hydrogen-bond donors (Lipinski definition) is 0. The van der Waals surface area contributed by atoms with Gasteiger partial charge in [0.15, 0.2) is 0 Å². The Morgan fingerprint density at radius 1 is 0.556 bits per heavy atom. The van der Waals surface area contributed by atoms with Crippen LogP contribution >= 0.6 is 0 Å². The van der Waals surface area contributed by atoms with Crippen molar-refractivity contribution in [2.75, 3.05) is 0 Å². The number of rotatable bonds is 7. The van der Waals surface area contributed by atoms with Crippen LogP contribution < -0.4 is 0 Å². The maximum Gasteiger partial charge on any atom is 0.128 e. The van der Waals surface area contributed by atoms with Crippen LogP contribution in [0, 0.1) is 0 Å². The highest BCUT2D eigenvalue weighted by atomic mass is 14.9. The Bertz CT molecular complexity index is 387. The van der Waals surface area contributed by atoms with E-state index >= 15 is 0 Å². The first-order chi connectivity index (χ1) is 8.95. The molecule has 0 spiro atoms. The summed E-state index contributed by atoms with van der Waals surface area (Å²) in [6.07, 6.45) is 13.9. The van der Waals surface area contributed by atoms with E-state index in [-0.39, 0.29) is 0 Å². The summed E-state index contributed by atoms with van der Waals surface area (Å²) in [6, 6.07) is 3.70. The van der Waals surface area contributed by atoms with Gasteiger partial charge in [-0.15, -0.1) is 0 Å². The van der Waals surface area contributed by atoms with Crippen LogP contribution in [0.25, 0.3) is 0 Å². The molecule has 4 nitrogen and oxygen atoms in total. The molecular weight excluding hydrogens is 224 g/mol. The lowest BCUT2D eigenvalue weighted by molar-refractivity contribution is 0.620. The van der Waals surface area contributed by atoms with Crippen molar-refractivity contribution in [1.29, 1.82) is 0 Å². The zero-order valence-corrected chi connectivity index (χ0v) is 10.5. The molecule has 0 atom stereocenters. The predicted octanol–water partition coefficient (Wildman–Crippen LogP) is 2.61. The third kappa shape index (κ3) is 4.57. The second kappa shape index (κ2) is 7.48.